The number of pyridine rings is 1. The van der Waals surface area contributed by atoms with E-state index in [-0.39, 0.29) is 0 Å². The van der Waals surface area contributed by atoms with Crippen LogP contribution in [-0.2, 0) is 0 Å². The summed E-state index contributed by atoms with van der Waals surface area (Å²) in [4.78, 5) is 21.1. The van der Waals surface area contributed by atoms with E-state index in [2.05, 4.69) is 158 Å². The summed E-state index contributed by atoms with van der Waals surface area (Å²) >= 11 is 0. The number of hydrogen-bond donors (Lipinski definition) is 0. The van der Waals surface area contributed by atoms with Gasteiger partial charge in [0.15, 0.2) is 11.6 Å². The highest BCUT2D eigenvalue weighted by Crippen LogP contribution is 2.39. The van der Waals surface area contributed by atoms with Crippen molar-refractivity contribution in [3.05, 3.63) is 144 Å². The summed E-state index contributed by atoms with van der Waals surface area (Å²) in [6.45, 7) is 8.46. The molecule has 0 bridgehead atoms. The Morgan fingerprint density at radius 3 is 1.56 bits per heavy atom. The lowest BCUT2D eigenvalue weighted by molar-refractivity contribution is 0.953. The predicted octanol–water partition coefficient (Wildman–Crippen LogP) is 10.6. The molecule has 4 aromatic heterocycles. The Hall–Kier alpha value is -6.40. The van der Waals surface area contributed by atoms with Crippen LogP contribution in [0.2, 0.25) is 0 Å². The minimum atomic E-state index is 0.564. The van der Waals surface area contributed by atoms with Gasteiger partial charge in [0.1, 0.15) is 11.2 Å². The largest absolute Gasteiger partial charge is 0.292 e. The normalized spacial score (nSPS) is 12.0. The van der Waals surface area contributed by atoms with Gasteiger partial charge in [-0.25, -0.2) is 9.97 Å². The maximum Gasteiger partial charge on any atom is 0.238 e. The predicted molar refractivity (Wildman–Crippen MR) is 205 cm³/mol. The van der Waals surface area contributed by atoms with Crippen molar-refractivity contribution in [3.8, 4) is 28.7 Å². The number of hydrogen-bond acceptors (Lipinski definition) is 4. The summed E-state index contributed by atoms with van der Waals surface area (Å²) in [7, 11) is 0. The second-order valence-corrected chi connectivity index (χ2v) is 13.6. The molecule has 6 nitrogen and oxygen atoms in total. The molecule has 0 aliphatic heterocycles. The smallest absolute Gasteiger partial charge is 0.238 e. The van der Waals surface area contributed by atoms with E-state index in [1.54, 1.807) is 0 Å². The average Bonchev–Trinajstić information content (AvgIpc) is 3.68. The molecule has 10 rings (SSSR count). The second-order valence-electron chi connectivity index (χ2n) is 13.6. The lowest BCUT2D eigenvalue weighted by atomic mass is 10.1. The van der Waals surface area contributed by atoms with Crippen molar-refractivity contribution < 1.29 is 0 Å². The number of para-hydroxylation sites is 2. The standard InChI is InChI=1S/C44H32N6/c1-25-19-26(2)22-29(21-25)41-46-42(30-23-27(3)20-28(4)24-30)48-44(47-41)50-37-16-10-8-13-33(37)34-17-18-38-39(40(34)50)45-43-35-14-6-5-11-31(35)32-12-7-9-15-36(32)49(38)43/h5-24H,1-4H3. The van der Waals surface area contributed by atoms with E-state index < -0.39 is 0 Å². The molecule has 6 heteroatoms. The molecule has 10 aromatic rings. The zero-order chi connectivity index (χ0) is 33.7. The molecule has 50 heavy (non-hydrogen) atoms. The molecule has 0 saturated carbocycles. The average molecular weight is 645 g/mol. The van der Waals surface area contributed by atoms with Crippen LogP contribution in [0.4, 0.5) is 0 Å². The molecule has 0 spiro atoms. The third kappa shape index (κ3) is 4.21. The fraction of sp³-hybridized carbons (Fsp3) is 0.0909. The first kappa shape index (κ1) is 28.6. The molecule has 0 aliphatic carbocycles. The van der Waals surface area contributed by atoms with Crippen molar-refractivity contribution in [3.63, 3.8) is 0 Å². The minimum absolute atomic E-state index is 0.564. The highest BCUT2D eigenvalue weighted by atomic mass is 15.2. The fourth-order valence-electron chi connectivity index (χ4n) is 7.96. The third-order valence-corrected chi connectivity index (χ3v) is 9.85. The van der Waals surface area contributed by atoms with E-state index >= 15 is 0 Å². The van der Waals surface area contributed by atoms with Gasteiger partial charge in [0.05, 0.1) is 22.1 Å². The number of aromatic nitrogens is 6. The molecule has 238 valence electrons. The van der Waals surface area contributed by atoms with E-state index in [1.807, 2.05) is 0 Å². The molecule has 0 atom stereocenters. The van der Waals surface area contributed by atoms with Gasteiger partial charge >= 0.3 is 0 Å². The Morgan fingerprint density at radius 2 is 0.940 bits per heavy atom. The molecule has 6 aromatic carbocycles. The molecular formula is C44H32N6. The molecule has 0 amide bonds. The zero-order valence-electron chi connectivity index (χ0n) is 28.2. The quantitative estimate of drug-likeness (QED) is 0.180. The van der Waals surface area contributed by atoms with Crippen LogP contribution in [0.25, 0.3) is 88.9 Å². The van der Waals surface area contributed by atoms with Gasteiger partial charge < -0.3 is 0 Å². The van der Waals surface area contributed by atoms with Crippen LogP contribution in [0.5, 0.6) is 0 Å². The van der Waals surface area contributed by atoms with Gasteiger partial charge in [-0.15, -0.1) is 0 Å². The molecule has 0 fully saturated rings. The van der Waals surface area contributed by atoms with Crippen molar-refractivity contribution >= 4 is 60.2 Å². The van der Waals surface area contributed by atoms with Gasteiger partial charge in [-0.3, -0.25) is 8.97 Å². The lowest BCUT2D eigenvalue weighted by Crippen LogP contribution is -2.07. The topological polar surface area (TPSA) is 60.9 Å². The Morgan fingerprint density at radius 1 is 0.420 bits per heavy atom. The third-order valence-electron chi connectivity index (χ3n) is 9.85. The number of aryl methyl sites for hydroxylation is 4. The molecule has 0 N–H and O–H groups in total. The molecule has 0 unspecified atom stereocenters. The summed E-state index contributed by atoms with van der Waals surface area (Å²) in [5.41, 5.74) is 12.6. The first-order valence-electron chi connectivity index (χ1n) is 17.0. The van der Waals surface area contributed by atoms with Gasteiger partial charge in [-0.2, -0.15) is 9.97 Å². The maximum absolute atomic E-state index is 5.48. The molecular weight excluding hydrogens is 613 g/mol. The van der Waals surface area contributed by atoms with E-state index in [0.717, 1.165) is 82.8 Å². The zero-order valence-corrected chi connectivity index (χ0v) is 28.2. The van der Waals surface area contributed by atoms with Gasteiger partial charge in [-0.1, -0.05) is 95.1 Å². The molecule has 4 heterocycles. The highest BCUT2D eigenvalue weighted by molar-refractivity contribution is 6.20. The SMILES string of the molecule is Cc1cc(C)cc(-c2nc(-c3cc(C)cc(C)c3)nc(-n3c4ccccc4c4ccc5c(nc6c7ccccc7c7ccccc7n56)c43)n2)c1. The highest BCUT2D eigenvalue weighted by Gasteiger charge is 2.23. The summed E-state index contributed by atoms with van der Waals surface area (Å²) in [5, 5.41) is 5.73. The van der Waals surface area contributed by atoms with Crippen molar-refractivity contribution in [2.75, 3.05) is 0 Å². The van der Waals surface area contributed by atoms with E-state index in [0.29, 0.717) is 17.6 Å². The van der Waals surface area contributed by atoms with Crippen molar-refractivity contribution in [2.45, 2.75) is 27.7 Å². The summed E-state index contributed by atoms with van der Waals surface area (Å²) in [6.07, 6.45) is 0. The van der Waals surface area contributed by atoms with Gasteiger partial charge in [0, 0.05) is 32.7 Å². The van der Waals surface area contributed by atoms with Crippen LogP contribution in [0.3, 0.4) is 0 Å². The van der Waals surface area contributed by atoms with Crippen molar-refractivity contribution in [1.82, 2.24) is 28.9 Å². The second kappa shape index (κ2) is 10.5. The van der Waals surface area contributed by atoms with Crippen molar-refractivity contribution in [1.29, 1.82) is 0 Å². The monoisotopic (exact) mass is 644 g/mol. The molecule has 0 saturated heterocycles. The molecule has 0 aliphatic rings. The molecule has 0 radical (unpaired) electrons. The maximum atomic E-state index is 5.48. The van der Waals surface area contributed by atoms with Crippen LogP contribution in [0.15, 0.2) is 121 Å². The Labute approximate surface area is 288 Å². The van der Waals surface area contributed by atoms with Crippen LogP contribution < -0.4 is 0 Å². The number of benzene rings is 6. The van der Waals surface area contributed by atoms with Gasteiger partial charge in [0.2, 0.25) is 5.95 Å². The first-order valence-corrected chi connectivity index (χ1v) is 17.0. The lowest BCUT2D eigenvalue weighted by Gasteiger charge is -2.12. The summed E-state index contributed by atoms with van der Waals surface area (Å²) in [6, 6.07) is 43.1. The van der Waals surface area contributed by atoms with Gasteiger partial charge in [0.25, 0.3) is 0 Å². The summed E-state index contributed by atoms with van der Waals surface area (Å²) in [5.74, 6) is 1.84. The van der Waals surface area contributed by atoms with Crippen LogP contribution >= 0.6 is 0 Å². The van der Waals surface area contributed by atoms with Crippen molar-refractivity contribution in [2.24, 2.45) is 0 Å². The number of nitrogens with zero attached hydrogens (tertiary/aromatic N) is 6. The first-order chi connectivity index (χ1) is 24.4. The van der Waals surface area contributed by atoms with Crippen LogP contribution in [0, 0.1) is 27.7 Å². The Kier molecular flexibility index (Phi) is 6.03. The Balaban J connectivity index is 1.37. The van der Waals surface area contributed by atoms with Crippen LogP contribution in [0.1, 0.15) is 22.3 Å². The van der Waals surface area contributed by atoms with Crippen LogP contribution in [-0.4, -0.2) is 28.9 Å². The van der Waals surface area contributed by atoms with E-state index in [4.69, 9.17) is 19.9 Å². The van der Waals surface area contributed by atoms with E-state index in [9.17, 15) is 0 Å². The fourth-order valence-corrected chi connectivity index (χ4v) is 7.96. The Bertz CT molecular complexity index is 2930. The number of imidazole rings is 1. The van der Waals surface area contributed by atoms with Gasteiger partial charge in [-0.05, 0) is 81.6 Å². The minimum Gasteiger partial charge on any atom is -0.292 e. The number of fused-ring (bicyclic) bond motifs is 12. The summed E-state index contributed by atoms with van der Waals surface area (Å²) < 4.78 is 4.51. The number of rotatable bonds is 3. The van der Waals surface area contributed by atoms with E-state index in [1.165, 1.54) is 10.8 Å².